The number of rotatable bonds is 11. The number of nitrogens with two attached hydrogens (primary N) is 1. The first kappa shape index (κ1) is 25.4. The van der Waals surface area contributed by atoms with E-state index in [9.17, 15) is 12.8 Å². The van der Waals surface area contributed by atoms with E-state index in [1.54, 1.807) is 7.11 Å². The van der Waals surface area contributed by atoms with Crippen LogP contribution in [0.4, 0.5) is 4.39 Å². The zero-order valence-electron chi connectivity index (χ0n) is 19.3. The van der Waals surface area contributed by atoms with Gasteiger partial charge in [-0.3, -0.25) is 0 Å². The normalized spacial score (nSPS) is 23.7. The Morgan fingerprint density at radius 2 is 1.85 bits per heavy atom. The molecule has 0 aromatic heterocycles. The molecule has 0 aliphatic heterocycles. The first-order valence-corrected chi connectivity index (χ1v) is 13.5. The van der Waals surface area contributed by atoms with E-state index in [2.05, 4.69) is 5.32 Å². The van der Waals surface area contributed by atoms with Gasteiger partial charge in [0.25, 0.3) is 0 Å². The van der Waals surface area contributed by atoms with E-state index < -0.39 is 20.9 Å². The van der Waals surface area contributed by atoms with Crippen LogP contribution >= 0.6 is 11.6 Å². The van der Waals surface area contributed by atoms with Gasteiger partial charge < -0.3 is 20.5 Å². The molecule has 34 heavy (non-hydrogen) atoms. The van der Waals surface area contributed by atoms with Crippen LogP contribution in [0.25, 0.3) is 0 Å². The van der Waals surface area contributed by atoms with E-state index in [1.165, 1.54) is 6.07 Å². The van der Waals surface area contributed by atoms with Crippen LogP contribution in [0.15, 0.2) is 47.4 Å². The molecular formula is C25H32ClFN2O4S. The Kier molecular flexibility index (Phi) is 7.84. The summed E-state index contributed by atoms with van der Waals surface area (Å²) in [6, 6.07) is 11.1. The van der Waals surface area contributed by atoms with Crippen LogP contribution in [0.3, 0.4) is 0 Å². The Morgan fingerprint density at radius 1 is 1.15 bits per heavy atom. The third-order valence-corrected chi connectivity index (χ3v) is 9.84. The van der Waals surface area contributed by atoms with Crippen LogP contribution in [0, 0.1) is 17.7 Å². The number of hydrogen-bond acceptors (Lipinski definition) is 6. The monoisotopic (exact) mass is 510 g/mol. The molecule has 0 amide bonds. The maximum Gasteiger partial charge on any atom is 0.182 e. The molecule has 0 spiro atoms. The highest BCUT2D eigenvalue weighted by Crippen LogP contribution is 2.41. The van der Waals surface area contributed by atoms with Crippen molar-refractivity contribution in [3.63, 3.8) is 0 Å². The number of halogens is 2. The standard InChI is InChI=1S/C25H32ClFN2O4S/c1-32-21-5-2-17(3-6-21)14-33-15-19-11-22(10-18(19)13-29-25(16-28)8-9-25)34(30,31)24-7-4-20(27)12-23(24)26/h2-7,12,18-19,22,29H,8-11,13-16,28H2,1H3/t18-,19-,22+/m0/s1. The molecule has 186 valence electrons. The molecule has 3 N–H and O–H groups in total. The largest absolute Gasteiger partial charge is 0.497 e. The van der Waals surface area contributed by atoms with Crippen LogP contribution < -0.4 is 15.8 Å². The van der Waals surface area contributed by atoms with Gasteiger partial charge in [-0.15, -0.1) is 0 Å². The number of nitrogens with one attached hydrogen (secondary N) is 1. The van der Waals surface area contributed by atoms with Crippen LogP contribution in [-0.4, -0.2) is 46.0 Å². The zero-order valence-corrected chi connectivity index (χ0v) is 20.9. The van der Waals surface area contributed by atoms with E-state index in [4.69, 9.17) is 26.8 Å². The molecule has 2 aliphatic rings. The van der Waals surface area contributed by atoms with Gasteiger partial charge in [0.1, 0.15) is 11.6 Å². The lowest BCUT2D eigenvalue weighted by Gasteiger charge is -2.23. The first-order valence-electron chi connectivity index (χ1n) is 11.6. The Labute approximate surface area is 205 Å². The summed E-state index contributed by atoms with van der Waals surface area (Å²) in [5.74, 6) is 0.420. The van der Waals surface area contributed by atoms with Crippen molar-refractivity contribution in [2.45, 2.75) is 48.0 Å². The zero-order chi connectivity index (χ0) is 24.3. The van der Waals surface area contributed by atoms with Crippen molar-refractivity contribution in [3.05, 3.63) is 58.9 Å². The quantitative estimate of drug-likeness (QED) is 0.445. The van der Waals surface area contributed by atoms with Gasteiger partial charge in [-0.05, 0) is 80.0 Å². The molecule has 0 bridgehead atoms. The summed E-state index contributed by atoms with van der Waals surface area (Å²) < 4.78 is 51.5. The minimum absolute atomic E-state index is 0.00676. The van der Waals surface area contributed by atoms with Gasteiger partial charge in [0, 0.05) is 12.1 Å². The molecule has 2 aromatic carbocycles. The van der Waals surface area contributed by atoms with E-state index in [0.717, 1.165) is 36.3 Å². The third kappa shape index (κ3) is 5.74. The fourth-order valence-electron chi connectivity index (χ4n) is 4.75. The summed E-state index contributed by atoms with van der Waals surface area (Å²) in [5, 5.41) is 2.91. The summed E-state index contributed by atoms with van der Waals surface area (Å²) in [6.45, 7) is 2.16. The van der Waals surface area contributed by atoms with Gasteiger partial charge in [0.15, 0.2) is 9.84 Å². The van der Waals surface area contributed by atoms with Crippen molar-refractivity contribution < 1.29 is 22.3 Å². The molecule has 0 saturated heterocycles. The van der Waals surface area contributed by atoms with Gasteiger partial charge in [-0.25, -0.2) is 12.8 Å². The van der Waals surface area contributed by atoms with E-state index in [1.807, 2.05) is 24.3 Å². The van der Waals surface area contributed by atoms with Crippen molar-refractivity contribution >= 4 is 21.4 Å². The van der Waals surface area contributed by atoms with Crippen molar-refractivity contribution in [2.75, 3.05) is 26.8 Å². The van der Waals surface area contributed by atoms with Gasteiger partial charge in [0.2, 0.25) is 0 Å². The number of methoxy groups -OCH3 is 1. The molecule has 0 heterocycles. The van der Waals surface area contributed by atoms with Crippen molar-refractivity contribution in [3.8, 4) is 5.75 Å². The summed E-state index contributed by atoms with van der Waals surface area (Å²) in [6.07, 6.45) is 3.06. The smallest absolute Gasteiger partial charge is 0.182 e. The molecular weight excluding hydrogens is 479 g/mol. The molecule has 0 unspecified atom stereocenters. The average molecular weight is 511 g/mol. The van der Waals surface area contributed by atoms with Crippen molar-refractivity contribution in [1.29, 1.82) is 0 Å². The molecule has 0 radical (unpaired) electrons. The number of benzene rings is 2. The molecule has 2 aliphatic carbocycles. The van der Waals surface area contributed by atoms with Crippen LogP contribution in [0.2, 0.25) is 5.02 Å². The maximum atomic E-state index is 13.5. The molecule has 2 fully saturated rings. The topological polar surface area (TPSA) is 90.6 Å². The third-order valence-electron chi connectivity index (χ3n) is 7.18. The Bertz CT molecular complexity index is 1090. The van der Waals surface area contributed by atoms with Crippen LogP contribution in [0.1, 0.15) is 31.2 Å². The molecule has 2 aromatic rings. The molecule has 6 nitrogen and oxygen atoms in total. The lowest BCUT2D eigenvalue weighted by atomic mass is 9.96. The van der Waals surface area contributed by atoms with Gasteiger partial charge >= 0.3 is 0 Å². The highest BCUT2D eigenvalue weighted by molar-refractivity contribution is 7.92. The number of ether oxygens (including phenoxy) is 2. The SMILES string of the molecule is COc1ccc(COC[C@@H]2C[C@H](S(=O)(=O)c3ccc(F)cc3Cl)C[C@H]2CNC2(CN)CC2)cc1. The van der Waals surface area contributed by atoms with E-state index in [0.29, 0.717) is 39.1 Å². The molecule has 4 rings (SSSR count). The summed E-state index contributed by atoms with van der Waals surface area (Å²) in [5.41, 5.74) is 6.93. The van der Waals surface area contributed by atoms with Crippen molar-refractivity contribution in [2.24, 2.45) is 17.6 Å². The van der Waals surface area contributed by atoms with Crippen LogP contribution in [-0.2, 0) is 21.2 Å². The first-order chi connectivity index (χ1) is 16.3. The fraction of sp³-hybridized carbons (Fsp3) is 0.520. The van der Waals surface area contributed by atoms with E-state index >= 15 is 0 Å². The molecule has 2 saturated carbocycles. The summed E-state index contributed by atoms with van der Waals surface area (Å²) in [7, 11) is -2.08. The fourth-order valence-corrected chi connectivity index (χ4v) is 7.19. The lowest BCUT2D eigenvalue weighted by Crippen LogP contribution is -2.42. The summed E-state index contributed by atoms with van der Waals surface area (Å²) in [4.78, 5) is -0.00676. The average Bonchev–Trinajstić information content (AvgIpc) is 3.49. The highest BCUT2D eigenvalue weighted by atomic mass is 35.5. The van der Waals surface area contributed by atoms with E-state index in [-0.39, 0.29) is 27.3 Å². The summed E-state index contributed by atoms with van der Waals surface area (Å²) >= 11 is 6.11. The van der Waals surface area contributed by atoms with Gasteiger partial charge in [0.05, 0.1) is 35.5 Å². The predicted molar refractivity (Wildman–Crippen MR) is 130 cm³/mol. The van der Waals surface area contributed by atoms with Crippen LogP contribution in [0.5, 0.6) is 5.75 Å². The van der Waals surface area contributed by atoms with Crippen molar-refractivity contribution in [1.82, 2.24) is 5.32 Å². The Balaban J connectivity index is 1.44. The minimum Gasteiger partial charge on any atom is -0.497 e. The molecule has 3 atom stereocenters. The Hall–Kier alpha value is -1.71. The lowest BCUT2D eigenvalue weighted by molar-refractivity contribution is 0.0734. The highest BCUT2D eigenvalue weighted by Gasteiger charge is 2.45. The number of sulfone groups is 1. The Morgan fingerprint density at radius 3 is 2.47 bits per heavy atom. The van der Waals surface area contributed by atoms with Gasteiger partial charge in [-0.2, -0.15) is 0 Å². The predicted octanol–water partition coefficient (Wildman–Crippen LogP) is 3.95. The number of hydrogen-bond donors (Lipinski definition) is 2. The second-order valence-corrected chi connectivity index (χ2v) is 12.1. The second kappa shape index (κ2) is 10.5. The van der Waals surface area contributed by atoms with Gasteiger partial charge in [-0.1, -0.05) is 23.7 Å². The molecule has 9 heteroatoms. The maximum absolute atomic E-state index is 13.5. The minimum atomic E-state index is -3.70. The second-order valence-electron chi connectivity index (χ2n) is 9.46.